The van der Waals surface area contributed by atoms with E-state index in [0.717, 1.165) is 25.7 Å². The minimum Gasteiger partial charge on any atom is -0.349 e. The zero-order valence-corrected chi connectivity index (χ0v) is 10.7. The van der Waals surface area contributed by atoms with Gasteiger partial charge in [-0.2, -0.15) is 0 Å². The monoisotopic (exact) mass is 228 g/mol. The van der Waals surface area contributed by atoms with E-state index in [0.29, 0.717) is 12.2 Å². The van der Waals surface area contributed by atoms with Gasteiger partial charge in [0.1, 0.15) is 0 Å². The SMILES string of the molecule is CCC1CCCC(OC2(C)CCC(C)O2)O1. The normalized spacial score (nSPS) is 44.8. The third kappa shape index (κ3) is 2.96. The van der Waals surface area contributed by atoms with Crippen molar-refractivity contribution in [1.82, 2.24) is 0 Å². The van der Waals surface area contributed by atoms with E-state index in [2.05, 4.69) is 13.8 Å². The summed E-state index contributed by atoms with van der Waals surface area (Å²) in [7, 11) is 0. The molecular formula is C13H24O3. The Labute approximate surface area is 98.4 Å². The van der Waals surface area contributed by atoms with E-state index in [-0.39, 0.29) is 6.29 Å². The van der Waals surface area contributed by atoms with E-state index in [1.54, 1.807) is 0 Å². The molecule has 0 radical (unpaired) electrons. The Morgan fingerprint density at radius 1 is 1.31 bits per heavy atom. The standard InChI is InChI=1S/C13H24O3/c1-4-11-6-5-7-12(14-11)16-13(3)9-8-10(2)15-13/h10-12H,4-9H2,1-3H3. The molecule has 0 N–H and O–H groups in total. The van der Waals surface area contributed by atoms with Gasteiger partial charge in [0.15, 0.2) is 12.1 Å². The van der Waals surface area contributed by atoms with Crippen molar-refractivity contribution in [2.45, 2.75) is 83.6 Å². The van der Waals surface area contributed by atoms with Crippen LogP contribution in [-0.2, 0) is 14.2 Å². The second kappa shape index (κ2) is 5.03. The minimum atomic E-state index is -0.417. The molecule has 0 aliphatic carbocycles. The summed E-state index contributed by atoms with van der Waals surface area (Å²) in [6.45, 7) is 6.31. The molecule has 2 aliphatic heterocycles. The number of hydrogen-bond acceptors (Lipinski definition) is 3. The number of rotatable bonds is 3. The maximum absolute atomic E-state index is 6.00. The molecule has 2 heterocycles. The fraction of sp³-hybridized carbons (Fsp3) is 1.00. The van der Waals surface area contributed by atoms with Crippen molar-refractivity contribution in [2.75, 3.05) is 0 Å². The molecule has 2 saturated heterocycles. The summed E-state index contributed by atoms with van der Waals surface area (Å²) in [5.41, 5.74) is 0. The summed E-state index contributed by atoms with van der Waals surface area (Å²) < 4.78 is 17.7. The molecule has 94 valence electrons. The molecule has 16 heavy (non-hydrogen) atoms. The van der Waals surface area contributed by atoms with Gasteiger partial charge in [-0.1, -0.05) is 6.92 Å². The average Bonchev–Trinajstić information content (AvgIpc) is 2.58. The molecule has 0 saturated carbocycles. The predicted octanol–water partition coefficient (Wildman–Crippen LogP) is 3.22. The Balaban J connectivity index is 1.84. The molecule has 0 spiro atoms. The minimum absolute atomic E-state index is 0.0611. The van der Waals surface area contributed by atoms with Crippen LogP contribution in [0, 0.1) is 0 Å². The Hall–Kier alpha value is -0.120. The summed E-state index contributed by atoms with van der Waals surface area (Å²) in [4.78, 5) is 0. The van der Waals surface area contributed by atoms with Gasteiger partial charge in [0, 0.05) is 6.42 Å². The van der Waals surface area contributed by atoms with Crippen molar-refractivity contribution >= 4 is 0 Å². The summed E-state index contributed by atoms with van der Waals surface area (Å²) in [5, 5.41) is 0. The zero-order valence-electron chi connectivity index (χ0n) is 10.7. The smallest absolute Gasteiger partial charge is 0.169 e. The largest absolute Gasteiger partial charge is 0.349 e. The maximum atomic E-state index is 6.00. The van der Waals surface area contributed by atoms with Gasteiger partial charge in [-0.05, 0) is 46.0 Å². The van der Waals surface area contributed by atoms with Crippen LogP contribution in [0.3, 0.4) is 0 Å². The van der Waals surface area contributed by atoms with Crippen LogP contribution in [0.4, 0.5) is 0 Å². The first-order valence-corrected chi connectivity index (χ1v) is 6.62. The summed E-state index contributed by atoms with van der Waals surface area (Å²) in [6.07, 6.45) is 7.15. The Morgan fingerprint density at radius 2 is 2.12 bits per heavy atom. The van der Waals surface area contributed by atoms with E-state index in [4.69, 9.17) is 14.2 Å². The lowest BCUT2D eigenvalue weighted by Gasteiger charge is -2.35. The Kier molecular flexibility index (Phi) is 3.88. The van der Waals surface area contributed by atoms with Gasteiger partial charge in [0.2, 0.25) is 0 Å². The van der Waals surface area contributed by atoms with Crippen molar-refractivity contribution in [2.24, 2.45) is 0 Å². The molecule has 0 aromatic rings. The molecule has 0 bridgehead atoms. The quantitative estimate of drug-likeness (QED) is 0.742. The summed E-state index contributed by atoms with van der Waals surface area (Å²) in [6, 6.07) is 0. The van der Waals surface area contributed by atoms with E-state index in [1.165, 1.54) is 12.8 Å². The van der Waals surface area contributed by atoms with E-state index < -0.39 is 5.79 Å². The van der Waals surface area contributed by atoms with Crippen LogP contribution in [0.15, 0.2) is 0 Å². The fourth-order valence-corrected chi connectivity index (χ4v) is 2.62. The Morgan fingerprint density at radius 3 is 2.75 bits per heavy atom. The van der Waals surface area contributed by atoms with Crippen LogP contribution in [0.25, 0.3) is 0 Å². The molecule has 0 aromatic heterocycles. The van der Waals surface area contributed by atoms with Crippen LogP contribution in [0.5, 0.6) is 0 Å². The number of hydrogen-bond donors (Lipinski definition) is 0. The van der Waals surface area contributed by atoms with Crippen molar-refractivity contribution < 1.29 is 14.2 Å². The van der Waals surface area contributed by atoms with Crippen LogP contribution >= 0.6 is 0 Å². The van der Waals surface area contributed by atoms with Gasteiger partial charge >= 0.3 is 0 Å². The number of ether oxygens (including phenoxy) is 3. The molecular weight excluding hydrogens is 204 g/mol. The highest BCUT2D eigenvalue weighted by atomic mass is 16.8. The molecule has 4 unspecified atom stereocenters. The molecule has 0 amide bonds. The van der Waals surface area contributed by atoms with Gasteiger partial charge in [-0.15, -0.1) is 0 Å². The van der Waals surface area contributed by atoms with Crippen LogP contribution in [-0.4, -0.2) is 24.3 Å². The summed E-state index contributed by atoms with van der Waals surface area (Å²) in [5.74, 6) is -0.417. The highest BCUT2D eigenvalue weighted by Gasteiger charge is 2.38. The van der Waals surface area contributed by atoms with Gasteiger partial charge in [0.25, 0.3) is 0 Å². The molecule has 3 heteroatoms. The van der Waals surface area contributed by atoms with Crippen molar-refractivity contribution in [3.63, 3.8) is 0 Å². The second-order valence-electron chi connectivity index (χ2n) is 5.25. The second-order valence-corrected chi connectivity index (χ2v) is 5.25. The maximum Gasteiger partial charge on any atom is 0.169 e. The molecule has 3 nitrogen and oxygen atoms in total. The first kappa shape index (κ1) is 12.3. The van der Waals surface area contributed by atoms with Crippen LogP contribution in [0.2, 0.25) is 0 Å². The lowest BCUT2D eigenvalue weighted by molar-refractivity contribution is -0.311. The first-order chi connectivity index (χ1) is 7.61. The average molecular weight is 228 g/mol. The lowest BCUT2D eigenvalue weighted by atomic mass is 10.1. The van der Waals surface area contributed by atoms with E-state index >= 15 is 0 Å². The summed E-state index contributed by atoms with van der Waals surface area (Å²) >= 11 is 0. The van der Waals surface area contributed by atoms with Crippen LogP contribution in [0.1, 0.15) is 59.3 Å². The topological polar surface area (TPSA) is 27.7 Å². The predicted molar refractivity (Wildman–Crippen MR) is 62.1 cm³/mol. The molecule has 0 aromatic carbocycles. The van der Waals surface area contributed by atoms with Gasteiger partial charge in [-0.3, -0.25) is 0 Å². The third-order valence-electron chi connectivity index (χ3n) is 3.60. The first-order valence-electron chi connectivity index (χ1n) is 6.62. The van der Waals surface area contributed by atoms with Crippen LogP contribution < -0.4 is 0 Å². The fourth-order valence-electron chi connectivity index (χ4n) is 2.62. The molecule has 4 atom stereocenters. The highest BCUT2D eigenvalue weighted by Crippen LogP contribution is 2.34. The highest BCUT2D eigenvalue weighted by molar-refractivity contribution is 4.76. The molecule has 2 aliphatic rings. The van der Waals surface area contributed by atoms with Crippen molar-refractivity contribution in [3.05, 3.63) is 0 Å². The molecule has 2 fully saturated rings. The Bertz CT molecular complexity index is 231. The van der Waals surface area contributed by atoms with Gasteiger partial charge in [-0.25, -0.2) is 0 Å². The van der Waals surface area contributed by atoms with Gasteiger partial charge in [0.05, 0.1) is 12.2 Å². The van der Waals surface area contributed by atoms with Gasteiger partial charge < -0.3 is 14.2 Å². The van der Waals surface area contributed by atoms with E-state index in [1.807, 2.05) is 6.92 Å². The van der Waals surface area contributed by atoms with Crippen molar-refractivity contribution in [3.8, 4) is 0 Å². The van der Waals surface area contributed by atoms with E-state index in [9.17, 15) is 0 Å². The zero-order chi connectivity index (χ0) is 11.6. The molecule has 2 rings (SSSR count). The third-order valence-corrected chi connectivity index (χ3v) is 3.60. The lowest BCUT2D eigenvalue weighted by Crippen LogP contribution is -2.38. The van der Waals surface area contributed by atoms with Crippen molar-refractivity contribution in [1.29, 1.82) is 0 Å².